The minimum atomic E-state index is 0.253. The van der Waals surface area contributed by atoms with Gasteiger partial charge in [-0.05, 0) is 76.6 Å². The molecular formula is C26H30O2. The van der Waals surface area contributed by atoms with Gasteiger partial charge >= 0.3 is 0 Å². The van der Waals surface area contributed by atoms with Crippen molar-refractivity contribution in [3.63, 3.8) is 0 Å². The molecule has 0 atom stereocenters. The molecule has 0 bridgehead atoms. The highest BCUT2D eigenvalue weighted by Crippen LogP contribution is 2.42. The van der Waals surface area contributed by atoms with Crippen LogP contribution in [0.2, 0.25) is 0 Å². The molecule has 2 heteroatoms. The lowest BCUT2D eigenvalue weighted by molar-refractivity contribution is 0.478. The number of rotatable bonds is 6. The largest absolute Gasteiger partial charge is 0.507 e. The SMILES string of the molecule is CC(C)=CCCc1ccc2c(O)c3cc(CCC=C(C)C)ccc3c(O)c2c1. The van der Waals surface area contributed by atoms with Gasteiger partial charge in [-0.2, -0.15) is 0 Å². The van der Waals surface area contributed by atoms with Gasteiger partial charge in [-0.25, -0.2) is 0 Å². The summed E-state index contributed by atoms with van der Waals surface area (Å²) in [6, 6.07) is 12.0. The zero-order valence-electron chi connectivity index (χ0n) is 17.3. The van der Waals surface area contributed by atoms with Gasteiger partial charge in [0.1, 0.15) is 11.5 Å². The summed E-state index contributed by atoms with van der Waals surface area (Å²) >= 11 is 0. The summed E-state index contributed by atoms with van der Waals surface area (Å²) in [6.45, 7) is 8.41. The standard InChI is InChI=1S/C26H30O2/c1-17(2)7-5-9-19-11-13-21-23(15-19)25(27)22-14-12-20(10-6-8-18(3)4)16-24(22)26(21)28/h7-8,11-16,27-28H,5-6,9-10H2,1-4H3. The first-order chi connectivity index (χ1) is 13.4. The second kappa shape index (κ2) is 8.52. The van der Waals surface area contributed by atoms with Crippen LogP contribution in [0.25, 0.3) is 21.5 Å². The maximum atomic E-state index is 10.9. The Bertz CT molecular complexity index is 975. The molecule has 0 spiro atoms. The van der Waals surface area contributed by atoms with Crippen molar-refractivity contribution in [1.82, 2.24) is 0 Å². The van der Waals surface area contributed by atoms with Crippen LogP contribution < -0.4 is 0 Å². The van der Waals surface area contributed by atoms with E-state index in [1.165, 1.54) is 11.1 Å². The highest BCUT2D eigenvalue weighted by molar-refractivity contribution is 6.10. The molecule has 0 saturated carbocycles. The van der Waals surface area contributed by atoms with Gasteiger partial charge in [0.05, 0.1) is 0 Å². The molecule has 0 amide bonds. The van der Waals surface area contributed by atoms with Crippen LogP contribution in [0, 0.1) is 0 Å². The van der Waals surface area contributed by atoms with Crippen LogP contribution in [0.3, 0.4) is 0 Å². The van der Waals surface area contributed by atoms with Gasteiger partial charge in [-0.15, -0.1) is 0 Å². The van der Waals surface area contributed by atoms with Crippen molar-refractivity contribution in [2.24, 2.45) is 0 Å². The van der Waals surface area contributed by atoms with Gasteiger partial charge in [0.25, 0.3) is 0 Å². The third kappa shape index (κ3) is 4.39. The molecule has 0 aliphatic rings. The van der Waals surface area contributed by atoms with E-state index >= 15 is 0 Å². The van der Waals surface area contributed by atoms with Crippen molar-refractivity contribution in [2.75, 3.05) is 0 Å². The van der Waals surface area contributed by atoms with E-state index in [9.17, 15) is 10.2 Å². The van der Waals surface area contributed by atoms with Crippen molar-refractivity contribution in [1.29, 1.82) is 0 Å². The van der Waals surface area contributed by atoms with E-state index in [1.807, 2.05) is 36.4 Å². The second-order valence-corrected chi connectivity index (χ2v) is 8.10. The van der Waals surface area contributed by atoms with Crippen molar-refractivity contribution in [3.05, 3.63) is 70.8 Å². The average molecular weight is 375 g/mol. The van der Waals surface area contributed by atoms with Crippen LogP contribution in [0.4, 0.5) is 0 Å². The van der Waals surface area contributed by atoms with E-state index in [0.29, 0.717) is 10.8 Å². The zero-order chi connectivity index (χ0) is 20.3. The van der Waals surface area contributed by atoms with E-state index < -0.39 is 0 Å². The second-order valence-electron chi connectivity index (χ2n) is 8.10. The zero-order valence-corrected chi connectivity index (χ0v) is 17.3. The molecule has 28 heavy (non-hydrogen) atoms. The van der Waals surface area contributed by atoms with Crippen LogP contribution in [-0.2, 0) is 12.8 Å². The van der Waals surface area contributed by atoms with Gasteiger partial charge in [-0.3, -0.25) is 0 Å². The van der Waals surface area contributed by atoms with Crippen molar-refractivity contribution >= 4 is 21.5 Å². The molecule has 0 unspecified atom stereocenters. The monoisotopic (exact) mass is 374 g/mol. The average Bonchev–Trinajstić information content (AvgIpc) is 2.65. The number of phenolic OH excluding ortho intramolecular Hbond substituents is 2. The molecule has 0 aliphatic heterocycles. The van der Waals surface area contributed by atoms with Gasteiger partial charge in [0.15, 0.2) is 0 Å². The quantitative estimate of drug-likeness (QED) is 0.272. The molecule has 2 N–H and O–H groups in total. The first kappa shape index (κ1) is 20.0. The lowest BCUT2D eigenvalue weighted by Crippen LogP contribution is -1.89. The predicted molar refractivity (Wildman–Crippen MR) is 120 cm³/mol. The molecule has 146 valence electrons. The molecule has 2 nitrogen and oxygen atoms in total. The molecule has 3 aromatic rings. The van der Waals surface area contributed by atoms with E-state index in [4.69, 9.17) is 0 Å². The molecule has 0 heterocycles. The summed E-state index contributed by atoms with van der Waals surface area (Å²) in [5.74, 6) is 0.505. The van der Waals surface area contributed by atoms with E-state index in [2.05, 4.69) is 39.8 Å². The summed E-state index contributed by atoms with van der Waals surface area (Å²) < 4.78 is 0. The van der Waals surface area contributed by atoms with Crippen LogP contribution in [0.1, 0.15) is 51.7 Å². The van der Waals surface area contributed by atoms with Crippen LogP contribution >= 0.6 is 0 Å². The Morgan fingerprint density at radius 2 is 1.04 bits per heavy atom. The molecule has 0 radical (unpaired) electrons. The van der Waals surface area contributed by atoms with Crippen LogP contribution in [-0.4, -0.2) is 10.2 Å². The van der Waals surface area contributed by atoms with Crippen molar-refractivity contribution in [2.45, 2.75) is 53.4 Å². The van der Waals surface area contributed by atoms with Gasteiger partial charge < -0.3 is 10.2 Å². The number of allylic oxidation sites excluding steroid dienone is 4. The summed E-state index contributed by atoms with van der Waals surface area (Å²) in [4.78, 5) is 0. The van der Waals surface area contributed by atoms with Gasteiger partial charge in [0, 0.05) is 21.5 Å². The van der Waals surface area contributed by atoms with E-state index in [-0.39, 0.29) is 11.5 Å². The number of hydrogen-bond donors (Lipinski definition) is 2. The smallest absolute Gasteiger partial charge is 0.131 e. The highest BCUT2D eigenvalue weighted by atomic mass is 16.3. The fourth-order valence-electron chi connectivity index (χ4n) is 3.64. The normalized spacial score (nSPS) is 11.0. The summed E-state index contributed by atoms with van der Waals surface area (Å²) in [7, 11) is 0. The number of hydrogen-bond acceptors (Lipinski definition) is 2. The Morgan fingerprint density at radius 3 is 1.39 bits per heavy atom. The first-order valence-electron chi connectivity index (χ1n) is 10.0. The lowest BCUT2D eigenvalue weighted by atomic mass is 9.95. The highest BCUT2D eigenvalue weighted by Gasteiger charge is 2.14. The Kier molecular flexibility index (Phi) is 6.08. The topological polar surface area (TPSA) is 40.5 Å². The third-order valence-electron chi connectivity index (χ3n) is 5.16. The molecule has 0 aliphatic carbocycles. The molecular weight excluding hydrogens is 344 g/mol. The minimum absolute atomic E-state index is 0.253. The maximum absolute atomic E-state index is 10.9. The van der Waals surface area contributed by atoms with Crippen LogP contribution in [0.5, 0.6) is 11.5 Å². The lowest BCUT2D eigenvalue weighted by Gasteiger charge is -2.12. The summed E-state index contributed by atoms with van der Waals surface area (Å²) in [5.41, 5.74) is 4.95. The van der Waals surface area contributed by atoms with Gasteiger partial charge in [0.2, 0.25) is 0 Å². The van der Waals surface area contributed by atoms with E-state index in [1.54, 1.807) is 0 Å². The number of aryl methyl sites for hydroxylation is 2. The molecule has 3 rings (SSSR count). The Balaban J connectivity index is 2.01. The summed E-state index contributed by atoms with van der Waals surface area (Å²) in [5, 5.41) is 24.6. The Hall–Kier alpha value is -2.74. The number of fused-ring (bicyclic) bond motifs is 2. The molecule has 0 saturated heterocycles. The maximum Gasteiger partial charge on any atom is 0.131 e. The van der Waals surface area contributed by atoms with Crippen molar-refractivity contribution in [3.8, 4) is 11.5 Å². The van der Waals surface area contributed by atoms with Crippen LogP contribution in [0.15, 0.2) is 59.7 Å². The van der Waals surface area contributed by atoms with Gasteiger partial charge in [-0.1, -0.05) is 47.6 Å². The number of aromatic hydroxyl groups is 2. The predicted octanol–water partition coefficient (Wildman–Crippen LogP) is 7.20. The Labute approximate surface area is 167 Å². The number of phenols is 2. The minimum Gasteiger partial charge on any atom is -0.507 e. The Morgan fingerprint density at radius 1 is 0.643 bits per heavy atom. The first-order valence-corrected chi connectivity index (χ1v) is 10.0. The fourth-order valence-corrected chi connectivity index (χ4v) is 3.64. The van der Waals surface area contributed by atoms with Crippen molar-refractivity contribution < 1.29 is 10.2 Å². The molecule has 3 aromatic carbocycles. The fraction of sp³-hybridized carbons (Fsp3) is 0.308. The molecule has 0 fully saturated rings. The number of benzene rings is 3. The van der Waals surface area contributed by atoms with E-state index in [0.717, 1.165) is 47.6 Å². The summed E-state index contributed by atoms with van der Waals surface area (Å²) in [6.07, 6.45) is 8.23. The third-order valence-corrected chi connectivity index (χ3v) is 5.16. The molecule has 0 aromatic heterocycles.